The molecule has 1 rings (SSSR count). The first kappa shape index (κ1) is 35.3. The van der Waals surface area contributed by atoms with Crippen LogP contribution in [0.4, 0.5) is 0 Å². The Hall–Kier alpha value is 1.28. The van der Waals surface area contributed by atoms with E-state index in [0.717, 1.165) is 17.8 Å². The van der Waals surface area contributed by atoms with Gasteiger partial charge in [-0.25, -0.2) is 0 Å². The average molecular weight is 582 g/mol. The van der Waals surface area contributed by atoms with Gasteiger partial charge < -0.3 is 0 Å². The molecule has 3 unspecified atom stereocenters. The zero-order valence-electron chi connectivity index (χ0n) is 23.3. The monoisotopic (exact) mass is 580 g/mol. The van der Waals surface area contributed by atoms with Crippen molar-refractivity contribution in [1.29, 1.82) is 0 Å². The van der Waals surface area contributed by atoms with Crippen molar-refractivity contribution in [2.75, 3.05) is 39.6 Å². The summed E-state index contributed by atoms with van der Waals surface area (Å²) in [6.45, 7) is 21.6. The summed E-state index contributed by atoms with van der Waals surface area (Å²) in [6, 6.07) is 0. The van der Waals surface area contributed by atoms with Crippen molar-refractivity contribution in [2.24, 2.45) is 17.8 Å². The van der Waals surface area contributed by atoms with Gasteiger partial charge in [-0.3, -0.25) is 14.7 Å². The maximum absolute atomic E-state index is 4.93. The first-order valence-electron chi connectivity index (χ1n) is 14.2. The van der Waals surface area contributed by atoms with Crippen molar-refractivity contribution >= 4 is 30.1 Å². The normalized spacial score (nSPS) is 18.5. The molecule has 0 aliphatic carbocycles. The maximum atomic E-state index is 4.93. The van der Waals surface area contributed by atoms with E-state index in [-0.39, 0.29) is 0 Å². The Labute approximate surface area is 231 Å². The first-order chi connectivity index (χ1) is 16.3. The Morgan fingerprint density at radius 3 is 0.941 bits per heavy atom. The van der Waals surface area contributed by atoms with E-state index >= 15 is 0 Å². The molecule has 0 N–H and O–H groups in total. The summed E-state index contributed by atoms with van der Waals surface area (Å²) >= 11 is -1.62. The van der Waals surface area contributed by atoms with Crippen LogP contribution in [0.1, 0.15) is 119 Å². The number of halogens is 3. The second-order valence-electron chi connectivity index (χ2n) is 10.4. The van der Waals surface area contributed by atoms with Gasteiger partial charge in [0.1, 0.15) is 0 Å². The first-order valence-corrected chi connectivity index (χ1v) is 19.5. The molecular formula is C27H57Cl3CrN3. The predicted molar refractivity (Wildman–Crippen MR) is 152 cm³/mol. The molecule has 207 valence electrons. The molecule has 0 saturated carbocycles. The molecule has 0 aromatic rings. The van der Waals surface area contributed by atoms with E-state index in [1.807, 2.05) is 0 Å². The van der Waals surface area contributed by atoms with Crippen molar-refractivity contribution < 1.29 is 11.4 Å². The molecule has 3 nitrogen and oxygen atoms in total. The third-order valence-electron chi connectivity index (χ3n) is 7.38. The number of nitrogens with zero attached hydrogens (tertiary/aromatic N) is 3. The molecular weight excluding hydrogens is 525 g/mol. The van der Waals surface area contributed by atoms with E-state index in [9.17, 15) is 0 Å². The van der Waals surface area contributed by atoms with E-state index in [1.54, 1.807) is 0 Å². The van der Waals surface area contributed by atoms with E-state index in [2.05, 4.69) is 56.2 Å². The Morgan fingerprint density at radius 1 is 0.529 bits per heavy atom. The zero-order valence-corrected chi connectivity index (χ0v) is 26.9. The van der Waals surface area contributed by atoms with Crippen LogP contribution in [0.25, 0.3) is 0 Å². The second-order valence-corrected chi connectivity index (χ2v) is 16.7. The van der Waals surface area contributed by atoms with Crippen LogP contribution in [-0.4, -0.2) is 54.3 Å². The Balaban J connectivity index is 0.00000251. The molecule has 0 bridgehead atoms. The average Bonchev–Trinajstić information content (AvgIpc) is 2.81. The van der Waals surface area contributed by atoms with Crippen molar-refractivity contribution in [2.45, 2.75) is 119 Å². The topological polar surface area (TPSA) is 9.72 Å². The van der Waals surface area contributed by atoms with Crippen LogP contribution >= 0.6 is 30.1 Å². The van der Waals surface area contributed by atoms with Gasteiger partial charge in [-0.1, -0.05) is 99.3 Å². The van der Waals surface area contributed by atoms with Gasteiger partial charge >= 0.3 is 41.5 Å². The Kier molecular flexibility index (Phi) is 24.3. The molecule has 1 aliphatic heterocycles. The molecule has 0 amide bonds. The van der Waals surface area contributed by atoms with Crippen LogP contribution in [0.2, 0.25) is 0 Å². The van der Waals surface area contributed by atoms with Gasteiger partial charge in [-0.15, -0.1) is 0 Å². The van der Waals surface area contributed by atoms with Gasteiger partial charge in [0.15, 0.2) is 0 Å². The molecule has 1 heterocycles. The summed E-state index contributed by atoms with van der Waals surface area (Å²) in [5, 5.41) is 0. The van der Waals surface area contributed by atoms with Crippen molar-refractivity contribution in [1.82, 2.24) is 14.7 Å². The molecule has 0 radical (unpaired) electrons. The van der Waals surface area contributed by atoms with Gasteiger partial charge in [0.2, 0.25) is 0 Å². The third-order valence-corrected chi connectivity index (χ3v) is 7.38. The summed E-state index contributed by atoms with van der Waals surface area (Å²) < 4.78 is 0. The van der Waals surface area contributed by atoms with E-state index < -0.39 is 11.4 Å². The predicted octanol–water partition coefficient (Wildman–Crippen LogP) is 9.49. The quantitative estimate of drug-likeness (QED) is 0.160. The molecule has 34 heavy (non-hydrogen) atoms. The third kappa shape index (κ3) is 18.5. The fraction of sp³-hybridized carbons (Fsp3) is 1.00. The molecule has 3 atom stereocenters. The molecule has 7 heteroatoms. The Bertz CT molecular complexity index is 380. The van der Waals surface area contributed by atoms with Gasteiger partial charge in [0.05, 0.1) is 20.0 Å². The summed E-state index contributed by atoms with van der Waals surface area (Å²) in [5.41, 5.74) is 0. The Morgan fingerprint density at radius 2 is 0.765 bits per heavy atom. The second kappa shape index (κ2) is 23.4. The van der Waals surface area contributed by atoms with Gasteiger partial charge in [0, 0.05) is 19.6 Å². The minimum atomic E-state index is -1.62. The number of hydrogen-bond acceptors (Lipinski definition) is 3. The van der Waals surface area contributed by atoms with Crippen LogP contribution in [0.3, 0.4) is 0 Å². The summed E-state index contributed by atoms with van der Waals surface area (Å²) in [5.74, 6) is 2.61. The van der Waals surface area contributed by atoms with E-state index in [1.165, 1.54) is 117 Å². The van der Waals surface area contributed by atoms with Crippen molar-refractivity contribution in [3.05, 3.63) is 0 Å². The van der Waals surface area contributed by atoms with Crippen LogP contribution in [0.15, 0.2) is 0 Å². The van der Waals surface area contributed by atoms with E-state index in [4.69, 9.17) is 30.1 Å². The van der Waals surface area contributed by atoms with Gasteiger partial charge in [0.25, 0.3) is 0 Å². The summed E-state index contributed by atoms with van der Waals surface area (Å²) in [4.78, 5) is 8.35. The molecule has 1 fully saturated rings. The SMILES string of the molecule is CCCCC(CC)CN1CN(CC(CC)CCCC)CN(CC(CC)CCCC)C1.[Cl][Cr]([Cl])[Cl]. The van der Waals surface area contributed by atoms with Crippen LogP contribution in [0.5, 0.6) is 0 Å². The fourth-order valence-electron chi connectivity index (χ4n) is 5.18. The minimum absolute atomic E-state index is 0.871. The number of rotatable bonds is 18. The summed E-state index contributed by atoms with van der Waals surface area (Å²) in [6.07, 6.45) is 16.4. The molecule has 0 aromatic heterocycles. The van der Waals surface area contributed by atoms with Gasteiger partial charge in [-0.2, -0.15) is 0 Å². The number of hydrogen-bond donors (Lipinski definition) is 0. The van der Waals surface area contributed by atoms with Gasteiger partial charge in [-0.05, 0) is 37.0 Å². The molecule has 1 aliphatic rings. The number of unbranched alkanes of at least 4 members (excludes halogenated alkanes) is 3. The fourth-order valence-corrected chi connectivity index (χ4v) is 5.18. The van der Waals surface area contributed by atoms with Crippen molar-refractivity contribution in [3.63, 3.8) is 0 Å². The zero-order chi connectivity index (χ0) is 25.8. The van der Waals surface area contributed by atoms with Crippen LogP contribution in [-0.2, 0) is 11.4 Å². The molecule has 0 aromatic carbocycles. The molecule has 1 saturated heterocycles. The van der Waals surface area contributed by atoms with Crippen LogP contribution in [0, 0.1) is 17.8 Å². The standard InChI is InChI=1S/C27H57N3.3ClH.Cr/c1-7-13-16-25(10-4)19-28-22-29(20-26(11-5)17-14-8-2)24-30(23-28)21-27(12-6)18-15-9-3;;;;/h25-27H,7-24H2,1-6H3;3*1H;/q;;;;+3/p-3. The van der Waals surface area contributed by atoms with Crippen LogP contribution < -0.4 is 0 Å². The van der Waals surface area contributed by atoms with Crippen molar-refractivity contribution in [3.8, 4) is 0 Å². The molecule has 0 spiro atoms. The van der Waals surface area contributed by atoms with E-state index in [0.29, 0.717) is 0 Å². The summed E-state index contributed by atoms with van der Waals surface area (Å²) in [7, 11) is 14.8.